The van der Waals surface area contributed by atoms with E-state index in [1.165, 1.54) is 39.1 Å². The van der Waals surface area contributed by atoms with Crippen molar-refractivity contribution in [2.24, 2.45) is 0 Å². The van der Waals surface area contributed by atoms with Gasteiger partial charge in [-0.05, 0) is 25.8 Å². The summed E-state index contributed by atoms with van der Waals surface area (Å²) in [7, 11) is 0. The average Bonchev–Trinajstić information content (AvgIpc) is 2.30. The minimum atomic E-state index is 0.687. The highest BCUT2D eigenvalue weighted by atomic mass is 15.2. The third kappa shape index (κ3) is 3.30. The van der Waals surface area contributed by atoms with Gasteiger partial charge in [0.05, 0.1) is 0 Å². The zero-order valence-corrected chi connectivity index (χ0v) is 10.7. The highest BCUT2D eigenvalue weighted by Crippen LogP contribution is 2.13. The van der Waals surface area contributed by atoms with Gasteiger partial charge >= 0.3 is 0 Å². The first-order chi connectivity index (χ1) is 7.75. The molecule has 0 amide bonds. The van der Waals surface area contributed by atoms with Crippen LogP contribution in [-0.2, 0) is 0 Å². The minimum absolute atomic E-state index is 0.687. The summed E-state index contributed by atoms with van der Waals surface area (Å²) in [5.41, 5.74) is 1.63. The molecule has 16 heavy (non-hydrogen) atoms. The summed E-state index contributed by atoms with van der Waals surface area (Å²) in [4.78, 5) is 5.16. The second-order valence-electron chi connectivity index (χ2n) is 5.24. The van der Waals surface area contributed by atoms with E-state index in [0.717, 1.165) is 13.1 Å². The summed E-state index contributed by atoms with van der Waals surface area (Å²) in [6.07, 6.45) is 3.69. The van der Waals surface area contributed by atoms with Crippen LogP contribution in [0.3, 0.4) is 0 Å². The van der Waals surface area contributed by atoms with E-state index in [1.54, 1.807) is 5.57 Å². The van der Waals surface area contributed by atoms with Gasteiger partial charge in [0, 0.05) is 51.9 Å². The van der Waals surface area contributed by atoms with Crippen LogP contribution in [0.1, 0.15) is 20.3 Å². The summed E-state index contributed by atoms with van der Waals surface area (Å²) in [6.45, 7) is 12.9. The predicted octanol–water partition coefficient (Wildman–Crippen LogP) is 0.932. The van der Waals surface area contributed by atoms with Gasteiger partial charge in [0.2, 0.25) is 0 Å². The lowest BCUT2D eigenvalue weighted by Gasteiger charge is -2.34. The van der Waals surface area contributed by atoms with E-state index in [0.29, 0.717) is 6.04 Å². The molecule has 3 heteroatoms. The summed E-state index contributed by atoms with van der Waals surface area (Å²) in [6, 6.07) is 0.687. The van der Waals surface area contributed by atoms with Crippen molar-refractivity contribution in [1.29, 1.82) is 0 Å². The molecule has 0 radical (unpaired) electrons. The van der Waals surface area contributed by atoms with Crippen LogP contribution in [0.2, 0.25) is 0 Å². The molecule has 2 aliphatic rings. The Balaban J connectivity index is 1.82. The van der Waals surface area contributed by atoms with Crippen LogP contribution in [0.4, 0.5) is 0 Å². The topological polar surface area (TPSA) is 18.5 Å². The van der Waals surface area contributed by atoms with Crippen LogP contribution in [0, 0.1) is 0 Å². The molecule has 3 nitrogen and oxygen atoms in total. The van der Waals surface area contributed by atoms with Crippen molar-refractivity contribution in [2.75, 3.05) is 45.8 Å². The summed E-state index contributed by atoms with van der Waals surface area (Å²) in [5.74, 6) is 0. The number of piperazine rings is 1. The lowest BCUT2D eigenvalue weighted by molar-refractivity contribution is 0.212. The molecule has 0 saturated carbocycles. The molecule has 0 unspecified atom stereocenters. The third-order valence-corrected chi connectivity index (χ3v) is 3.62. The fraction of sp³-hybridized carbons (Fsp3) is 0.846. The molecule has 1 saturated heterocycles. The first-order valence-corrected chi connectivity index (χ1v) is 6.61. The Bertz CT molecular complexity index is 242. The molecular formula is C13H25N3. The molecule has 2 aliphatic heterocycles. The van der Waals surface area contributed by atoms with Crippen molar-refractivity contribution < 1.29 is 0 Å². The van der Waals surface area contributed by atoms with E-state index in [9.17, 15) is 0 Å². The van der Waals surface area contributed by atoms with Crippen LogP contribution in [-0.4, -0.2) is 61.7 Å². The van der Waals surface area contributed by atoms with Gasteiger partial charge in [0.15, 0.2) is 0 Å². The second kappa shape index (κ2) is 5.80. The van der Waals surface area contributed by atoms with E-state index in [-0.39, 0.29) is 0 Å². The molecule has 0 aromatic heterocycles. The third-order valence-electron chi connectivity index (χ3n) is 3.62. The van der Waals surface area contributed by atoms with Crippen LogP contribution < -0.4 is 5.32 Å². The number of hydrogen-bond donors (Lipinski definition) is 1. The SMILES string of the molecule is CC(C)N1CCC=C(CN2CCNCC2)C1. The first kappa shape index (κ1) is 12.1. The molecule has 0 aliphatic carbocycles. The quantitative estimate of drug-likeness (QED) is 0.718. The van der Waals surface area contributed by atoms with E-state index in [1.807, 2.05) is 0 Å². The first-order valence-electron chi connectivity index (χ1n) is 6.61. The van der Waals surface area contributed by atoms with E-state index < -0.39 is 0 Å². The minimum Gasteiger partial charge on any atom is -0.314 e. The van der Waals surface area contributed by atoms with Crippen molar-refractivity contribution in [3.8, 4) is 0 Å². The number of rotatable bonds is 3. The summed E-state index contributed by atoms with van der Waals surface area (Å²) >= 11 is 0. The molecule has 1 N–H and O–H groups in total. The monoisotopic (exact) mass is 223 g/mol. The zero-order chi connectivity index (χ0) is 11.4. The molecule has 0 atom stereocenters. The van der Waals surface area contributed by atoms with E-state index in [2.05, 4.69) is 35.0 Å². The lowest BCUT2D eigenvalue weighted by atomic mass is 10.1. The maximum atomic E-state index is 3.41. The van der Waals surface area contributed by atoms with Gasteiger partial charge in [-0.1, -0.05) is 6.08 Å². The Labute approximate surface area is 99.5 Å². The highest BCUT2D eigenvalue weighted by Gasteiger charge is 2.17. The van der Waals surface area contributed by atoms with Gasteiger partial charge in [0.1, 0.15) is 0 Å². The summed E-state index contributed by atoms with van der Waals surface area (Å²) in [5, 5.41) is 3.41. The largest absolute Gasteiger partial charge is 0.314 e. The van der Waals surface area contributed by atoms with Gasteiger partial charge < -0.3 is 5.32 Å². The van der Waals surface area contributed by atoms with Gasteiger partial charge in [-0.25, -0.2) is 0 Å². The smallest absolute Gasteiger partial charge is 0.0208 e. The van der Waals surface area contributed by atoms with Gasteiger partial charge in [0.25, 0.3) is 0 Å². The molecule has 1 fully saturated rings. The average molecular weight is 223 g/mol. The van der Waals surface area contributed by atoms with E-state index >= 15 is 0 Å². The molecule has 2 heterocycles. The molecule has 2 rings (SSSR count). The fourth-order valence-corrected chi connectivity index (χ4v) is 2.55. The molecule has 92 valence electrons. The standard InChI is InChI=1S/C13H25N3/c1-12(2)16-7-3-4-13(11-16)10-15-8-5-14-6-9-15/h4,12,14H,3,5-11H2,1-2H3. The fourth-order valence-electron chi connectivity index (χ4n) is 2.55. The Morgan fingerprint density at radius 2 is 2.00 bits per heavy atom. The van der Waals surface area contributed by atoms with Crippen molar-refractivity contribution in [2.45, 2.75) is 26.3 Å². The maximum Gasteiger partial charge on any atom is 0.0208 e. The van der Waals surface area contributed by atoms with Crippen molar-refractivity contribution in [3.63, 3.8) is 0 Å². The lowest BCUT2D eigenvalue weighted by Crippen LogP contribution is -2.46. The Morgan fingerprint density at radius 3 is 2.69 bits per heavy atom. The van der Waals surface area contributed by atoms with Crippen LogP contribution in [0.5, 0.6) is 0 Å². The Kier molecular flexibility index (Phi) is 4.38. The van der Waals surface area contributed by atoms with Crippen molar-refractivity contribution in [1.82, 2.24) is 15.1 Å². The molecule has 0 aromatic carbocycles. The maximum absolute atomic E-state index is 3.41. The Morgan fingerprint density at radius 1 is 1.25 bits per heavy atom. The van der Waals surface area contributed by atoms with Crippen LogP contribution >= 0.6 is 0 Å². The van der Waals surface area contributed by atoms with E-state index in [4.69, 9.17) is 0 Å². The van der Waals surface area contributed by atoms with Crippen LogP contribution in [0.15, 0.2) is 11.6 Å². The Hall–Kier alpha value is -0.380. The number of nitrogens with one attached hydrogen (secondary N) is 1. The van der Waals surface area contributed by atoms with Crippen LogP contribution in [0.25, 0.3) is 0 Å². The number of hydrogen-bond acceptors (Lipinski definition) is 3. The second-order valence-corrected chi connectivity index (χ2v) is 5.24. The van der Waals surface area contributed by atoms with Crippen molar-refractivity contribution >= 4 is 0 Å². The summed E-state index contributed by atoms with van der Waals surface area (Å²) < 4.78 is 0. The van der Waals surface area contributed by atoms with Gasteiger partial charge in [-0.2, -0.15) is 0 Å². The molecule has 0 bridgehead atoms. The van der Waals surface area contributed by atoms with Gasteiger partial charge in [-0.15, -0.1) is 0 Å². The predicted molar refractivity (Wildman–Crippen MR) is 68.7 cm³/mol. The van der Waals surface area contributed by atoms with Crippen molar-refractivity contribution in [3.05, 3.63) is 11.6 Å². The molecule has 0 aromatic rings. The molecule has 0 spiro atoms. The normalized spacial score (nSPS) is 24.8. The van der Waals surface area contributed by atoms with Gasteiger partial charge in [-0.3, -0.25) is 9.80 Å². The zero-order valence-electron chi connectivity index (χ0n) is 10.7. The number of nitrogens with zero attached hydrogens (tertiary/aromatic N) is 2. The highest BCUT2D eigenvalue weighted by molar-refractivity contribution is 5.11. The molecular weight excluding hydrogens is 198 g/mol.